The Morgan fingerprint density at radius 2 is 1.74 bits per heavy atom. The Kier molecular flexibility index (Phi) is 8.03. The van der Waals surface area contributed by atoms with Crippen molar-refractivity contribution in [3.8, 4) is 0 Å². The minimum atomic E-state index is -0.678. The second-order valence-electron chi connectivity index (χ2n) is 8.18. The lowest BCUT2D eigenvalue weighted by Gasteiger charge is -2.19. The number of benzene rings is 2. The maximum Gasteiger partial charge on any atom is 0.242 e. The zero-order chi connectivity index (χ0) is 23.6. The Labute approximate surface area is 199 Å². The summed E-state index contributed by atoms with van der Waals surface area (Å²) in [6.45, 7) is 1.14. The quantitative estimate of drug-likeness (QED) is 0.279. The van der Waals surface area contributed by atoms with Crippen LogP contribution in [0.15, 0.2) is 85.3 Å². The molecule has 4 rings (SSSR count). The van der Waals surface area contributed by atoms with E-state index < -0.39 is 6.04 Å². The SMILES string of the molecule is O=C(CNCc1cccnc1)NC(Cc1c[nH]c2ccccc12)C(=O)NCCc1ccccc1. The highest BCUT2D eigenvalue weighted by Crippen LogP contribution is 2.19. The normalized spacial score (nSPS) is 11.8. The summed E-state index contributed by atoms with van der Waals surface area (Å²) < 4.78 is 0. The molecule has 7 nitrogen and oxygen atoms in total. The number of hydrogen-bond donors (Lipinski definition) is 4. The molecule has 2 aromatic carbocycles. The molecule has 2 amide bonds. The lowest BCUT2D eigenvalue weighted by molar-refractivity contribution is -0.128. The highest BCUT2D eigenvalue weighted by molar-refractivity contribution is 5.90. The van der Waals surface area contributed by atoms with Crippen molar-refractivity contribution in [1.82, 2.24) is 25.9 Å². The summed E-state index contributed by atoms with van der Waals surface area (Å²) in [5, 5.41) is 10.1. The predicted octanol–water partition coefficient (Wildman–Crippen LogP) is 2.74. The number of fused-ring (bicyclic) bond motifs is 1. The number of carbonyl (C=O) groups is 2. The van der Waals surface area contributed by atoms with Crippen LogP contribution < -0.4 is 16.0 Å². The molecule has 7 heteroatoms. The fourth-order valence-corrected chi connectivity index (χ4v) is 3.90. The van der Waals surface area contributed by atoms with Gasteiger partial charge in [-0.25, -0.2) is 0 Å². The number of nitrogens with zero attached hydrogens (tertiary/aromatic N) is 1. The third kappa shape index (κ3) is 6.52. The molecule has 1 atom stereocenters. The van der Waals surface area contributed by atoms with Crippen LogP contribution in [-0.4, -0.2) is 40.9 Å². The van der Waals surface area contributed by atoms with Gasteiger partial charge in [-0.05, 0) is 35.2 Å². The lowest BCUT2D eigenvalue weighted by Crippen LogP contribution is -2.50. The van der Waals surface area contributed by atoms with Crippen LogP contribution in [0.3, 0.4) is 0 Å². The first-order valence-electron chi connectivity index (χ1n) is 11.4. The standard InChI is InChI=1S/C27H29N5O2/c33-26(19-29-17-21-9-6-13-28-16-21)32-25(15-22-18-31-24-11-5-4-10-23(22)24)27(34)30-14-12-20-7-2-1-3-8-20/h1-11,13,16,18,25,29,31H,12,14-15,17,19H2,(H,30,34)(H,32,33). The average Bonchev–Trinajstić information content (AvgIpc) is 3.28. The number of hydrogen-bond acceptors (Lipinski definition) is 4. The maximum atomic E-state index is 13.1. The number of H-pyrrole nitrogens is 1. The number of para-hydroxylation sites is 1. The average molecular weight is 456 g/mol. The number of amides is 2. The Balaban J connectivity index is 1.37. The molecule has 1 unspecified atom stereocenters. The van der Waals surface area contributed by atoms with E-state index in [-0.39, 0.29) is 18.4 Å². The predicted molar refractivity (Wildman–Crippen MR) is 133 cm³/mol. The Morgan fingerprint density at radius 3 is 2.56 bits per heavy atom. The summed E-state index contributed by atoms with van der Waals surface area (Å²) in [6, 6.07) is 21.1. The monoisotopic (exact) mass is 455 g/mol. The van der Waals surface area contributed by atoms with Gasteiger partial charge in [-0.15, -0.1) is 0 Å². The van der Waals surface area contributed by atoms with E-state index in [9.17, 15) is 9.59 Å². The van der Waals surface area contributed by atoms with Crippen LogP contribution in [0.5, 0.6) is 0 Å². The number of aromatic nitrogens is 2. The van der Waals surface area contributed by atoms with Gasteiger partial charge < -0.3 is 20.9 Å². The van der Waals surface area contributed by atoms with E-state index in [1.54, 1.807) is 12.4 Å². The largest absolute Gasteiger partial charge is 0.361 e. The van der Waals surface area contributed by atoms with Gasteiger partial charge in [-0.2, -0.15) is 0 Å². The summed E-state index contributed by atoms with van der Waals surface area (Å²) >= 11 is 0. The van der Waals surface area contributed by atoms with Crippen molar-refractivity contribution in [2.75, 3.05) is 13.1 Å². The van der Waals surface area contributed by atoms with Crippen molar-refractivity contribution in [3.63, 3.8) is 0 Å². The van der Waals surface area contributed by atoms with Crippen LogP contribution in [-0.2, 0) is 29.0 Å². The van der Waals surface area contributed by atoms with Crippen molar-refractivity contribution in [3.05, 3.63) is 102 Å². The molecular formula is C27H29N5O2. The van der Waals surface area contributed by atoms with Gasteiger partial charge in [0.05, 0.1) is 6.54 Å². The number of nitrogens with one attached hydrogen (secondary N) is 4. The number of rotatable bonds is 11. The van der Waals surface area contributed by atoms with Gasteiger partial charge in [0, 0.05) is 49.0 Å². The topological polar surface area (TPSA) is 98.9 Å². The molecule has 0 aliphatic heterocycles. The zero-order valence-corrected chi connectivity index (χ0v) is 19.0. The molecule has 2 heterocycles. The van der Waals surface area contributed by atoms with E-state index in [0.29, 0.717) is 19.5 Å². The smallest absolute Gasteiger partial charge is 0.242 e. The van der Waals surface area contributed by atoms with Crippen LogP contribution in [0.25, 0.3) is 10.9 Å². The van der Waals surface area contributed by atoms with Crippen molar-refractivity contribution >= 4 is 22.7 Å². The van der Waals surface area contributed by atoms with Gasteiger partial charge in [0.25, 0.3) is 0 Å². The first-order valence-corrected chi connectivity index (χ1v) is 11.4. The van der Waals surface area contributed by atoms with Crippen molar-refractivity contribution in [2.24, 2.45) is 0 Å². The van der Waals surface area contributed by atoms with E-state index in [1.807, 2.05) is 72.9 Å². The van der Waals surface area contributed by atoms with Crippen molar-refractivity contribution in [2.45, 2.75) is 25.4 Å². The van der Waals surface area contributed by atoms with E-state index in [4.69, 9.17) is 0 Å². The zero-order valence-electron chi connectivity index (χ0n) is 19.0. The Hall–Kier alpha value is -3.97. The molecule has 4 N–H and O–H groups in total. The molecular weight excluding hydrogens is 426 g/mol. The van der Waals surface area contributed by atoms with Crippen molar-refractivity contribution < 1.29 is 9.59 Å². The molecule has 0 aliphatic rings. The molecule has 174 valence electrons. The molecule has 0 bridgehead atoms. The molecule has 0 spiro atoms. The summed E-state index contributed by atoms with van der Waals surface area (Å²) in [5.74, 6) is -0.422. The Morgan fingerprint density at radius 1 is 0.941 bits per heavy atom. The highest BCUT2D eigenvalue weighted by Gasteiger charge is 2.22. The van der Waals surface area contributed by atoms with Gasteiger partial charge in [0.2, 0.25) is 11.8 Å². The minimum absolute atomic E-state index is 0.108. The summed E-state index contributed by atoms with van der Waals surface area (Å²) in [4.78, 5) is 33.0. The van der Waals surface area contributed by atoms with Gasteiger partial charge in [-0.1, -0.05) is 54.6 Å². The van der Waals surface area contributed by atoms with Gasteiger partial charge >= 0.3 is 0 Å². The minimum Gasteiger partial charge on any atom is -0.361 e. The highest BCUT2D eigenvalue weighted by atomic mass is 16.2. The van der Waals surface area contributed by atoms with E-state index in [1.165, 1.54) is 0 Å². The molecule has 0 saturated carbocycles. The van der Waals surface area contributed by atoms with Crippen LogP contribution >= 0.6 is 0 Å². The second-order valence-corrected chi connectivity index (χ2v) is 8.18. The fraction of sp³-hybridized carbons (Fsp3) is 0.222. The third-order valence-electron chi connectivity index (χ3n) is 5.64. The first-order chi connectivity index (χ1) is 16.7. The third-order valence-corrected chi connectivity index (χ3v) is 5.64. The van der Waals surface area contributed by atoms with E-state index >= 15 is 0 Å². The summed E-state index contributed by atoms with van der Waals surface area (Å²) in [6.07, 6.45) is 6.50. The molecule has 0 saturated heterocycles. The second kappa shape index (κ2) is 11.8. The molecule has 0 fully saturated rings. The number of carbonyl (C=O) groups excluding carboxylic acids is 2. The first kappa shape index (κ1) is 23.2. The molecule has 4 aromatic rings. The van der Waals surface area contributed by atoms with E-state index in [2.05, 4.69) is 25.9 Å². The molecule has 0 aliphatic carbocycles. The van der Waals surface area contributed by atoms with Crippen LogP contribution in [0.4, 0.5) is 0 Å². The summed E-state index contributed by atoms with van der Waals surface area (Å²) in [5.41, 5.74) is 4.14. The van der Waals surface area contributed by atoms with Crippen LogP contribution in [0.2, 0.25) is 0 Å². The maximum absolute atomic E-state index is 13.1. The van der Waals surface area contributed by atoms with Gasteiger partial charge in [-0.3, -0.25) is 14.6 Å². The number of aromatic amines is 1. The Bertz CT molecular complexity index is 1210. The van der Waals surface area contributed by atoms with E-state index in [0.717, 1.165) is 34.0 Å². The molecule has 34 heavy (non-hydrogen) atoms. The van der Waals surface area contributed by atoms with Crippen LogP contribution in [0, 0.1) is 0 Å². The molecule has 2 aromatic heterocycles. The van der Waals surface area contributed by atoms with Crippen molar-refractivity contribution in [1.29, 1.82) is 0 Å². The summed E-state index contributed by atoms with van der Waals surface area (Å²) in [7, 11) is 0. The fourth-order valence-electron chi connectivity index (χ4n) is 3.90. The van der Waals surface area contributed by atoms with Crippen LogP contribution in [0.1, 0.15) is 16.7 Å². The lowest BCUT2D eigenvalue weighted by atomic mass is 10.0. The number of pyridine rings is 1. The molecule has 0 radical (unpaired) electrons. The van der Waals surface area contributed by atoms with Gasteiger partial charge in [0.1, 0.15) is 6.04 Å². The van der Waals surface area contributed by atoms with Gasteiger partial charge in [0.15, 0.2) is 0 Å².